The molecule has 1 N–H and O–H groups in total. The molecule has 0 spiro atoms. The molecule has 0 fully saturated rings. The summed E-state index contributed by atoms with van der Waals surface area (Å²) in [6, 6.07) is 12.2. The van der Waals surface area contributed by atoms with Crippen LogP contribution in [0.15, 0.2) is 42.5 Å². The first-order valence-electron chi connectivity index (χ1n) is 7.95. The van der Waals surface area contributed by atoms with Crippen LogP contribution in [0.1, 0.15) is 30.5 Å². The van der Waals surface area contributed by atoms with E-state index in [0.29, 0.717) is 17.2 Å². The Balaban J connectivity index is 1.69. The summed E-state index contributed by atoms with van der Waals surface area (Å²) in [6.07, 6.45) is 0.0249. The van der Waals surface area contributed by atoms with Crippen LogP contribution in [0.25, 0.3) is 0 Å². The van der Waals surface area contributed by atoms with Crippen molar-refractivity contribution in [3.63, 3.8) is 0 Å². The van der Waals surface area contributed by atoms with Gasteiger partial charge in [0.1, 0.15) is 5.75 Å². The Bertz CT molecular complexity index is 785. The highest BCUT2D eigenvalue weighted by Gasteiger charge is 2.20. The Labute approximate surface area is 145 Å². The Morgan fingerprint density at radius 1 is 1.12 bits per heavy atom. The summed E-state index contributed by atoms with van der Waals surface area (Å²) in [4.78, 5) is 23.8. The number of ether oxygens (including phenoxy) is 3. The molecule has 25 heavy (non-hydrogen) atoms. The fourth-order valence-corrected chi connectivity index (χ4v) is 2.58. The number of carbonyl (C=O) groups excluding carboxylic acids is 2. The number of hydrogen-bond acceptors (Lipinski definition) is 5. The quantitative estimate of drug-likeness (QED) is 0.669. The first-order valence-corrected chi connectivity index (χ1v) is 7.95. The maximum absolute atomic E-state index is 12.3. The largest absolute Gasteiger partial charge is 0.454 e. The second-order valence-corrected chi connectivity index (χ2v) is 5.86. The molecule has 0 saturated heterocycles. The molecule has 0 aromatic heterocycles. The lowest BCUT2D eigenvalue weighted by molar-refractivity contribution is -0.135. The van der Waals surface area contributed by atoms with Crippen molar-refractivity contribution in [1.29, 1.82) is 0 Å². The number of hydrogen-bond donors (Lipinski definition) is 1. The summed E-state index contributed by atoms with van der Waals surface area (Å²) in [5, 5.41) is 2.79. The van der Waals surface area contributed by atoms with E-state index in [9.17, 15) is 9.59 Å². The van der Waals surface area contributed by atoms with Crippen LogP contribution in [0.2, 0.25) is 0 Å². The van der Waals surface area contributed by atoms with Crippen LogP contribution in [0, 0.1) is 6.92 Å². The van der Waals surface area contributed by atoms with Crippen LogP contribution in [0.5, 0.6) is 17.2 Å². The fourth-order valence-electron chi connectivity index (χ4n) is 2.58. The molecule has 1 aliphatic rings. The van der Waals surface area contributed by atoms with E-state index >= 15 is 0 Å². The molecular formula is C19H19NO5. The van der Waals surface area contributed by atoms with Gasteiger partial charge in [0.05, 0.1) is 12.5 Å². The lowest BCUT2D eigenvalue weighted by atomic mass is 10.0. The SMILES string of the molecule is CC(=O)N[C@@H](CC(=O)Oc1ccc2c(c1)OCO2)c1ccc(C)cc1. The third kappa shape index (κ3) is 4.29. The first-order chi connectivity index (χ1) is 12.0. The lowest BCUT2D eigenvalue weighted by Crippen LogP contribution is -2.29. The van der Waals surface area contributed by atoms with Gasteiger partial charge >= 0.3 is 5.97 Å². The Morgan fingerprint density at radius 2 is 1.84 bits per heavy atom. The van der Waals surface area contributed by atoms with Gasteiger partial charge in [0.25, 0.3) is 0 Å². The molecule has 0 unspecified atom stereocenters. The van der Waals surface area contributed by atoms with Crippen molar-refractivity contribution in [2.24, 2.45) is 0 Å². The highest BCUT2D eigenvalue weighted by Crippen LogP contribution is 2.35. The van der Waals surface area contributed by atoms with Gasteiger partial charge in [-0.25, -0.2) is 0 Å². The second-order valence-electron chi connectivity index (χ2n) is 5.86. The van der Waals surface area contributed by atoms with Crippen molar-refractivity contribution in [1.82, 2.24) is 5.32 Å². The number of amides is 1. The molecule has 3 rings (SSSR count). The van der Waals surface area contributed by atoms with Gasteiger partial charge in [0.15, 0.2) is 11.5 Å². The number of nitrogens with one attached hydrogen (secondary N) is 1. The van der Waals surface area contributed by atoms with Crippen molar-refractivity contribution in [3.05, 3.63) is 53.6 Å². The predicted molar refractivity (Wildman–Crippen MR) is 90.6 cm³/mol. The van der Waals surface area contributed by atoms with E-state index in [1.165, 1.54) is 6.92 Å². The molecule has 130 valence electrons. The van der Waals surface area contributed by atoms with Gasteiger partial charge in [-0.1, -0.05) is 29.8 Å². The number of esters is 1. The van der Waals surface area contributed by atoms with E-state index in [0.717, 1.165) is 11.1 Å². The third-order valence-electron chi connectivity index (χ3n) is 3.80. The van der Waals surface area contributed by atoms with Gasteiger partial charge in [-0.2, -0.15) is 0 Å². The van der Waals surface area contributed by atoms with Gasteiger partial charge in [0.2, 0.25) is 12.7 Å². The average molecular weight is 341 g/mol. The van der Waals surface area contributed by atoms with Gasteiger partial charge in [0, 0.05) is 13.0 Å². The Hall–Kier alpha value is -3.02. The number of benzene rings is 2. The van der Waals surface area contributed by atoms with Crippen molar-refractivity contribution < 1.29 is 23.8 Å². The molecule has 2 aromatic carbocycles. The van der Waals surface area contributed by atoms with Crippen LogP contribution in [0.4, 0.5) is 0 Å². The van der Waals surface area contributed by atoms with Gasteiger partial charge < -0.3 is 19.5 Å². The highest BCUT2D eigenvalue weighted by molar-refractivity contribution is 5.77. The molecule has 6 heteroatoms. The molecule has 1 atom stereocenters. The van der Waals surface area contributed by atoms with Crippen LogP contribution >= 0.6 is 0 Å². The Morgan fingerprint density at radius 3 is 2.56 bits per heavy atom. The van der Waals surface area contributed by atoms with E-state index in [2.05, 4.69) is 5.32 Å². The van der Waals surface area contributed by atoms with Gasteiger partial charge in [-0.05, 0) is 24.6 Å². The lowest BCUT2D eigenvalue weighted by Gasteiger charge is -2.18. The van der Waals surface area contributed by atoms with Crippen LogP contribution in [-0.4, -0.2) is 18.7 Å². The predicted octanol–water partition coefficient (Wildman–Crippen LogP) is 2.90. The summed E-state index contributed by atoms with van der Waals surface area (Å²) in [7, 11) is 0. The molecule has 0 radical (unpaired) electrons. The van der Waals surface area contributed by atoms with Gasteiger partial charge in [-0.3, -0.25) is 9.59 Å². The van der Waals surface area contributed by atoms with Crippen LogP contribution in [0.3, 0.4) is 0 Å². The van der Waals surface area contributed by atoms with Crippen molar-refractivity contribution in [2.75, 3.05) is 6.79 Å². The Kier molecular flexibility index (Phi) is 4.88. The normalized spacial score (nSPS) is 13.2. The maximum Gasteiger partial charge on any atom is 0.313 e. The number of carbonyl (C=O) groups is 2. The zero-order chi connectivity index (χ0) is 17.8. The van der Waals surface area contributed by atoms with E-state index in [-0.39, 0.29) is 19.1 Å². The van der Waals surface area contributed by atoms with Crippen molar-refractivity contribution in [3.8, 4) is 17.2 Å². The van der Waals surface area contributed by atoms with Crippen LogP contribution < -0.4 is 19.5 Å². The molecule has 1 amide bonds. The number of aryl methyl sites for hydroxylation is 1. The summed E-state index contributed by atoms with van der Waals surface area (Å²) in [5.41, 5.74) is 1.96. The topological polar surface area (TPSA) is 73.9 Å². The minimum absolute atomic E-state index is 0.0249. The standard InChI is InChI=1S/C19H19NO5/c1-12-3-5-14(6-4-12)16(20-13(2)21)10-19(22)25-15-7-8-17-18(9-15)24-11-23-17/h3-9,16H,10-11H2,1-2H3,(H,20,21)/t16-/m0/s1. The number of rotatable bonds is 5. The summed E-state index contributed by atoms with van der Waals surface area (Å²) in [6.45, 7) is 3.56. The summed E-state index contributed by atoms with van der Waals surface area (Å²) < 4.78 is 15.9. The molecule has 0 saturated carbocycles. The van der Waals surface area contributed by atoms with E-state index in [1.807, 2.05) is 31.2 Å². The molecule has 6 nitrogen and oxygen atoms in total. The number of fused-ring (bicyclic) bond motifs is 1. The monoisotopic (exact) mass is 341 g/mol. The van der Waals surface area contributed by atoms with Gasteiger partial charge in [-0.15, -0.1) is 0 Å². The minimum Gasteiger partial charge on any atom is -0.454 e. The molecule has 1 aliphatic heterocycles. The van der Waals surface area contributed by atoms with E-state index < -0.39 is 12.0 Å². The molecule has 1 heterocycles. The fraction of sp³-hybridized carbons (Fsp3) is 0.263. The smallest absolute Gasteiger partial charge is 0.313 e. The van der Waals surface area contributed by atoms with Crippen molar-refractivity contribution in [2.45, 2.75) is 26.3 Å². The maximum atomic E-state index is 12.3. The first kappa shape index (κ1) is 16.8. The second kappa shape index (κ2) is 7.25. The summed E-state index contributed by atoms with van der Waals surface area (Å²) >= 11 is 0. The summed E-state index contributed by atoms with van der Waals surface area (Å²) in [5.74, 6) is 0.886. The van der Waals surface area contributed by atoms with E-state index in [4.69, 9.17) is 14.2 Å². The minimum atomic E-state index is -0.446. The molecule has 2 aromatic rings. The highest BCUT2D eigenvalue weighted by atomic mass is 16.7. The molecule has 0 bridgehead atoms. The molecule has 0 aliphatic carbocycles. The van der Waals surface area contributed by atoms with Crippen molar-refractivity contribution >= 4 is 11.9 Å². The zero-order valence-electron chi connectivity index (χ0n) is 14.1. The van der Waals surface area contributed by atoms with E-state index in [1.54, 1.807) is 18.2 Å². The van der Waals surface area contributed by atoms with Crippen LogP contribution in [-0.2, 0) is 9.59 Å². The third-order valence-corrected chi connectivity index (χ3v) is 3.80. The molecular weight excluding hydrogens is 322 g/mol. The average Bonchev–Trinajstić information content (AvgIpc) is 3.02. The zero-order valence-corrected chi connectivity index (χ0v) is 14.1.